The number of hydrogen-bond acceptors (Lipinski definition) is 4. The van der Waals surface area contributed by atoms with E-state index in [0.29, 0.717) is 23.5 Å². The van der Waals surface area contributed by atoms with E-state index in [1.807, 2.05) is 13.8 Å². The van der Waals surface area contributed by atoms with Gasteiger partial charge in [0, 0.05) is 5.56 Å². The highest BCUT2D eigenvalue weighted by atomic mass is 16.7. The fourth-order valence-electron chi connectivity index (χ4n) is 1.97. The van der Waals surface area contributed by atoms with E-state index in [0.717, 1.165) is 0 Å². The van der Waals surface area contributed by atoms with Gasteiger partial charge in [-0.3, -0.25) is 4.79 Å². The SMILES string of the molecule is CC(C)C[C@H](NC(=O)c1ccc2c(c1)OCO2)C(=O)O. The number of nitrogens with one attached hydrogen (secondary N) is 1. The van der Waals surface area contributed by atoms with Crippen LogP contribution in [0.4, 0.5) is 0 Å². The van der Waals surface area contributed by atoms with Crippen molar-refractivity contribution in [3.8, 4) is 11.5 Å². The van der Waals surface area contributed by atoms with Gasteiger partial charge in [-0.25, -0.2) is 4.79 Å². The normalized spacial score (nSPS) is 14.2. The van der Waals surface area contributed by atoms with Gasteiger partial charge in [0.15, 0.2) is 11.5 Å². The van der Waals surface area contributed by atoms with Crippen molar-refractivity contribution in [1.82, 2.24) is 5.32 Å². The molecule has 2 N–H and O–H groups in total. The highest BCUT2D eigenvalue weighted by Gasteiger charge is 2.23. The van der Waals surface area contributed by atoms with E-state index in [-0.39, 0.29) is 12.7 Å². The molecule has 0 radical (unpaired) electrons. The molecule has 0 aromatic heterocycles. The maximum atomic E-state index is 12.1. The van der Waals surface area contributed by atoms with Crippen LogP contribution in [0.2, 0.25) is 0 Å². The van der Waals surface area contributed by atoms with Gasteiger partial charge in [0.1, 0.15) is 6.04 Å². The Morgan fingerprint density at radius 2 is 2.00 bits per heavy atom. The lowest BCUT2D eigenvalue weighted by Gasteiger charge is -2.16. The number of amides is 1. The van der Waals surface area contributed by atoms with Gasteiger partial charge in [-0.1, -0.05) is 13.8 Å². The highest BCUT2D eigenvalue weighted by molar-refractivity contribution is 5.97. The van der Waals surface area contributed by atoms with Crippen LogP contribution in [0.3, 0.4) is 0 Å². The van der Waals surface area contributed by atoms with Crippen LogP contribution in [0.25, 0.3) is 0 Å². The zero-order chi connectivity index (χ0) is 14.7. The summed E-state index contributed by atoms with van der Waals surface area (Å²) in [5.74, 6) is -0.218. The molecule has 6 heteroatoms. The molecule has 0 saturated heterocycles. The Labute approximate surface area is 116 Å². The second-order valence-electron chi connectivity index (χ2n) is 5.06. The molecule has 1 aliphatic rings. The molecule has 2 rings (SSSR count). The average Bonchev–Trinajstić information content (AvgIpc) is 2.84. The van der Waals surface area contributed by atoms with Gasteiger partial charge in [-0.2, -0.15) is 0 Å². The highest BCUT2D eigenvalue weighted by Crippen LogP contribution is 2.32. The largest absolute Gasteiger partial charge is 0.480 e. The lowest BCUT2D eigenvalue weighted by molar-refractivity contribution is -0.139. The second kappa shape index (κ2) is 5.81. The van der Waals surface area contributed by atoms with E-state index >= 15 is 0 Å². The van der Waals surface area contributed by atoms with Gasteiger partial charge in [0.05, 0.1) is 0 Å². The average molecular weight is 279 g/mol. The van der Waals surface area contributed by atoms with Crippen LogP contribution in [-0.4, -0.2) is 29.8 Å². The molecule has 0 bridgehead atoms. The first-order valence-corrected chi connectivity index (χ1v) is 6.40. The molecule has 1 aromatic carbocycles. The summed E-state index contributed by atoms with van der Waals surface area (Å²) in [4.78, 5) is 23.2. The first kappa shape index (κ1) is 14.2. The minimum atomic E-state index is -1.03. The van der Waals surface area contributed by atoms with Crippen LogP contribution < -0.4 is 14.8 Å². The van der Waals surface area contributed by atoms with Gasteiger partial charge in [0.25, 0.3) is 5.91 Å². The number of carboxylic acid groups (broad SMARTS) is 1. The monoisotopic (exact) mass is 279 g/mol. The van der Waals surface area contributed by atoms with Crippen LogP contribution in [0.15, 0.2) is 18.2 Å². The third-order valence-corrected chi connectivity index (χ3v) is 2.95. The Kier molecular flexibility index (Phi) is 4.12. The summed E-state index contributed by atoms with van der Waals surface area (Å²) in [6.45, 7) is 3.94. The quantitative estimate of drug-likeness (QED) is 0.856. The topological polar surface area (TPSA) is 84.9 Å². The molecule has 1 amide bonds. The summed E-state index contributed by atoms with van der Waals surface area (Å²) >= 11 is 0. The Morgan fingerprint density at radius 3 is 2.65 bits per heavy atom. The van der Waals surface area contributed by atoms with Crippen molar-refractivity contribution >= 4 is 11.9 Å². The van der Waals surface area contributed by atoms with Gasteiger partial charge in [-0.15, -0.1) is 0 Å². The Bertz CT molecular complexity index is 526. The van der Waals surface area contributed by atoms with Gasteiger partial charge >= 0.3 is 5.97 Å². The number of hydrogen-bond donors (Lipinski definition) is 2. The zero-order valence-electron chi connectivity index (χ0n) is 11.4. The summed E-state index contributed by atoms with van der Waals surface area (Å²) in [6.07, 6.45) is 0.381. The van der Waals surface area contributed by atoms with E-state index < -0.39 is 17.9 Å². The molecule has 0 spiro atoms. The first-order valence-electron chi connectivity index (χ1n) is 6.40. The smallest absolute Gasteiger partial charge is 0.326 e. The minimum absolute atomic E-state index is 0.130. The number of aliphatic carboxylic acids is 1. The first-order chi connectivity index (χ1) is 9.47. The summed E-state index contributed by atoms with van der Waals surface area (Å²) < 4.78 is 10.3. The van der Waals surface area contributed by atoms with E-state index in [1.165, 1.54) is 0 Å². The summed E-state index contributed by atoms with van der Waals surface area (Å²) in [6, 6.07) is 3.87. The lowest BCUT2D eigenvalue weighted by atomic mass is 10.0. The molecule has 0 saturated carbocycles. The molecule has 1 aliphatic heterocycles. The molecule has 20 heavy (non-hydrogen) atoms. The zero-order valence-corrected chi connectivity index (χ0v) is 11.4. The predicted octanol–water partition coefficient (Wildman–Crippen LogP) is 1.64. The molecule has 1 heterocycles. The van der Waals surface area contributed by atoms with Gasteiger partial charge < -0.3 is 19.9 Å². The Morgan fingerprint density at radius 1 is 1.30 bits per heavy atom. The standard InChI is InChI=1S/C14H17NO5/c1-8(2)5-10(14(17)18)15-13(16)9-3-4-11-12(6-9)20-7-19-11/h3-4,6,8,10H,5,7H2,1-2H3,(H,15,16)(H,17,18)/t10-/m0/s1. The van der Waals surface area contributed by atoms with Crippen LogP contribution in [0.5, 0.6) is 11.5 Å². The fourth-order valence-corrected chi connectivity index (χ4v) is 1.97. The lowest BCUT2D eigenvalue weighted by Crippen LogP contribution is -2.41. The van der Waals surface area contributed by atoms with E-state index in [9.17, 15) is 9.59 Å². The van der Waals surface area contributed by atoms with Crippen molar-refractivity contribution in [1.29, 1.82) is 0 Å². The van der Waals surface area contributed by atoms with Crippen LogP contribution in [0.1, 0.15) is 30.6 Å². The molecule has 1 atom stereocenters. The molecule has 0 aliphatic carbocycles. The third-order valence-electron chi connectivity index (χ3n) is 2.95. The Balaban J connectivity index is 2.08. The van der Waals surface area contributed by atoms with Gasteiger partial charge in [0.2, 0.25) is 6.79 Å². The van der Waals surface area contributed by atoms with Crippen molar-refractivity contribution in [3.63, 3.8) is 0 Å². The van der Waals surface area contributed by atoms with Crippen LogP contribution in [0, 0.1) is 5.92 Å². The van der Waals surface area contributed by atoms with Crippen molar-refractivity contribution in [2.75, 3.05) is 6.79 Å². The predicted molar refractivity (Wildman–Crippen MR) is 70.9 cm³/mol. The van der Waals surface area contributed by atoms with E-state index in [1.54, 1.807) is 18.2 Å². The fraction of sp³-hybridized carbons (Fsp3) is 0.429. The summed E-state index contributed by atoms with van der Waals surface area (Å²) in [5, 5.41) is 11.6. The van der Waals surface area contributed by atoms with Crippen molar-refractivity contribution < 1.29 is 24.2 Å². The molecular formula is C14H17NO5. The molecule has 0 unspecified atom stereocenters. The molecule has 6 nitrogen and oxygen atoms in total. The maximum absolute atomic E-state index is 12.1. The number of benzene rings is 1. The summed E-state index contributed by atoms with van der Waals surface area (Å²) in [7, 11) is 0. The number of carboxylic acids is 1. The number of carbonyl (C=O) groups is 2. The van der Waals surface area contributed by atoms with Gasteiger partial charge in [-0.05, 0) is 30.5 Å². The molecule has 0 fully saturated rings. The van der Waals surface area contributed by atoms with E-state index in [2.05, 4.69) is 5.32 Å². The summed E-state index contributed by atoms with van der Waals surface area (Å²) in [5.41, 5.74) is 0.351. The van der Waals surface area contributed by atoms with Crippen molar-refractivity contribution in [2.24, 2.45) is 5.92 Å². The van der Waals surface area contributed by atoms with Crippen molar-refractivity contribution in [2.45, 2.75) is 26.3 Å². The molecule has 1 aromatic rings. The maximum Gasteiger partial charge on any atom is 0.326 e. The molecular weight excluding hydrogens is 262 g/mol. The number of ether oxygens (including phenoxy) is 2. The van der Waals surface area contributed by atoms with Crippen molar-refractivity contribution in [3.05, 3.63) is 23.8 Å². The van der Waals surface area contributed by atoms with Crippen LogP contribution >= 0.6 is 0 Å². The molecule has 108 valence electrons. The number of fused-ring (bicyclic) bond motifs is 1. The second-order valence-corrected chi connectivity index (χ2v) is 5.06. The number of rotatable bonds is 5. The van der Waals surface area contributed by atoms with Crippen LogP contribution in [-0.2, 0) is 4.79 Å². The minimum Gasteiger partial charge on any atom is -0.480 e. The Hall–Kier alpha value is -2.24. The third kappa shape index (κ3) is 3.20. The number of carbonyl (C=O) groups excluding carboxylic acids is 1. The van der Waals surface area contributed by atoms with E-state index in [4.69, 9.17) is 14.6 Å².